The predicted octanol–water partition coefficient (Wildman–Crippen LogP) is 1.80. The number of allylic oxidation sites excluding steroid dienone is 2. The molecule has 0 N–H and O–H groups in total. The first-order valence-electron chi connectivity index (χ1n) is 5.07. The van der Waals surface area contributed by atoms with Gasteiger partial charge in [-0.25, -0.2) is 19.6 Å². The van der Waals surface area contributed by atoms with Gasteiger partial charge in [-0.15, -0.1) is 0 Å². The van der Waals surface area contributed by atoms with Crippen molar-refractivity contribution < 1.29 is 9.59 Å². The monoisotopic (exact) mass is 218 g/mol. The van der Waals surface area contributed by atoms with E-state index in [2.05, 4.69) is 16.1 Å². The maximum Gasteiger partial charge on any atom is 0.234 e. The summed E-state index contributed by atoms with van der Waals surface area (Å²) >= 11 is 0. The SMILES string of the molecule is CC1=CC(C)(CN=C=O)C(CN=C=O)C=C1. The Morgan fingerprint density at radius 1 is 1.38 bits per heavy atom. The van der Waals surface area contributed by atoms with E-state index in [1.165, 1.54) is 6.08 Å². The molecule has 2 unspecified atom stereocenters. The Labute approximate surface area is 94.5 Å². The van der Waals surface area contributed by atoms with E-state index in [0.717, 1.165) is 5.57 Å². The molecule has 0 spiro atoms. The molecule has 1 aliphatic carbocycles. The highest BCUT2D eigenvalue weighted by molar-refractivity contribution is 5.35. The molecule has 0 saturated heterocycles. The van der Waals surface area contributed by atoms with Crippen LogP contribution in [0.5, 0.6) is 0 Å². The van der Waals surface area contributed by atoms with E-state index in [-0.39, 0.29) is 11.3 Å². The molecule has 1 aliphatic rings. The summed E-state index contributed by atoms with van der Waals surface area (Å²) in [6, 6.07) is 0. The Bertz CT molecular complexity index is 413. The Kier molecular flexibility index (Phi) is 4.12. The Balaban J connectivity index is 2.93. The molecule has 4 heteroatoms. The fourth-order valence-corrected chi connectivity index (χ4v) is 1.93. The third-order valence-electron chi connectivity index (χ3n) is 2.83. The fraction of sp³-hybridized carbons (Fsp3) is 0.500. The molecule has 84 valence electrons. The van der Waals surface area contributed by atoms with E-state index >= 15 is 0 Å². The average molecular weight is 218 g/mol. The van der Waals surface area contributed by atoms with E-state index in [4.69, 9.17) is 0 Å². The lowest BCUT2D eigenvalue weighted by Gasteiger charge is -2.33. The fourth-order valence-electron chi connectivity index (χ4n) is 1.93. The maximum atomic E-state index is 10.2. The second-order valence-corrected chi connectivity index (χ2v) is 4.20. The zero-order chi connectivity index (χ0) is 12.0. The third-order valence-corrected chi connectivity index (χ3v) is 2.83. The summed E-state index contributed by atoms with van der Waals surface area (Å²) in [5.74, 6) is 0.0646. The lowest BCUT2D eigenvalue weighted by molar-refractivity contribution is 0.320. The second kappa shape index (κ2) is 5.36. The summed E-state index contributed by atoms with van der Waals surface area (Å²) in [6.45, 7) is 4.70. The number of carbonyl (C=O) groups excluding carboxylic acids is 2. The van der Waals surface area contributed by atoms with E-state index in [1.807, 2.05) is 26.0 Å². The van der Waals surface area contributed by atoms with Crippen LogP contribution in [0.1, 0.15) is 13.8 Å². The molecule has 0 bridgehead atoms. The van der Waals surface area contributed by atoms with Gasteiger partial charge in [0, 0.05) is 11.3 Å². The number of hydrogen-bond acceptors (Lipinski definition) is 4. The maximum absolute atomic E-state index is 10.2. The molecular formula is C12H14N2O2. The van der Waals surface area contributed by atoms with Crippen LogP contribution < -0.4 is 0 Å². The summed E-state index contributed by atoms with van der Waals surface area (Å²) in [5, 5.41) is 0. The minimum Gasteiger partial charge on any atom is -0.211 e. The van der Waals surface area contributed by atoms with Gasteiger partial charge < -0.3 is 0 Å². The van der Waals surface area contributed by atoms with Gasteiger partial charge in [0.2, 0.25) is 12.2 Å². The molecule has 0 radical (unpaired) electrons. The summed E-state index contributed by atoms with van der Waals surface area (Å²) in [6.07, 6.45) is 9.11. The molecule has 0 aromatic rings. The molecule has 0 aromatic heterocycles. The van der Waals surface area contributed by atoms with Gasteiger partial charge >= 0.3 is 0 Å². The molecule has 0 fully saturated rings. The van der Waals surface area contributed by atoms with Crippen molar-refractivity contribution in [2.75, 3.05) is 13.1 Å². The second-order valence-electron chi connectivity index (χ2n) is 4.20. The van der Waals surface area contributed by atoms with Crippen LogP contribution >= 0.6 is 0 Å². The van der Waals surface area contributed by atoms with Crippen molar-refractivity contribution in [1.82, 2.24) is 0 Å². The lowest BCUT2D eigenvalue weighted by atomic mass is 9.73. The van der Waals surface area contributed by atoms with Gasteiger partial charge in [-0.3, -0.25) is 0 Å². The van der Waals surface area contributed by atoms with Crippen molar-refractivity contribution >= 4 is 12.2 Å². The van der Waals surface area contributed by atoms with E-state index in [9.17, 15) is 9.59 Å². The topological polar surface area (TPSA) is 58.9 Å². The summed E-state index contributed by atoms with van der Waals surface area (Å²) in [5.41, 5.74) is 0.839. The van der Waals surface area contributed by atoms with Crippen molar-refractivity contribution in [3.8, 4) is 0 Å². The van der Waals surface area contributed by atoms with E-state index in [0.29, 0.717) is 13.1 Å². The first-order chi connectivity index (χ1) is 7.62. The van der Waals surface area contributed by atoms with Gasteiger partial charge in [0.15, 0.2) is 0 Å². The average Bonchev–Trinajstić information content (AvgIpc) is 2.25. The van der Waals surface area contributed by atoms with Crippen molar-refractivity contribution in [1.29, 1.82) is 0 Å². The zero-order valence-electron chi connectivity index (χ0n) is 9.43. The summed E-state index contributed by atoms with van der Waals surface area (Å²) in [7, 11) is 0. The van der Waals surface area contributed by atoms with Crippen LogP contribution in [0.25, 0.3) is 0 Å². The normalized spacial score (nSPS) is 27.6. The highest BCUT2D eigenvalue weighted by Gasteiger charge is 2.32. The van der Waals surface area contributed by atoms with Gasteiger partial charge in [-0.05, 0) is 6.92 Å². The molecular weight excluding hydrogens is 204 g/mol. The van der Waals surface area contributed by atoms with E-state index < -0.39 is 0 Å². The van der Waals surface area contributed by atoms with Crippen LogP contribution in [-0.2, 0) is 9.59 Å². The molecule has 1 rings (SSSR count). The molecule has 0 heterocycles. The van der Waals surface area contributed by atoms with Crippen LogP contribution in [0, 0.1) is 11.3 Å². The summed E-state index contributed by atoms with van der Waals surface area (Å²) < 4.78 is 0. The molecule has 0 saturated carbocycles. The van der Waals surface area contributed by atoms with Crippen LogP contribution in [0.4, 0.5) is 0 Å². The number of nitrogens with zero attached hydrogens (tertiary/aromatic N) is 2. The minimum atomic E-state index is -0.281. The molecule has 16 heavy (non-hydrogen) atoms. The standard InChI is InChI=1S/C12H14N2O2/c1-10-3-4-11(6-13-8-15)12(2,5-10)7-14-9-16/h3-5,11H,6-7H2,1-2H3. The quantitative estimate of drug-likeness (QED) is 0.533. The zero-order valence-corrected chi connectivity index (χ0v) is 9.43. The number of isocyanates is 2. The highest BCUT2D eigenvalue weighted by Crippen LogP contribution is 2.35. The van der Waals surface area contributed by atoms with Gasteiger partial charge in [0.05, 0.1) is 13.1 Å². The van der Waals surface area contributed by atoms with Crippen LogP contribution in [0.3, 0.4) is 0 Å². The highest BCUT2D eigenvalue weighted by atomic mass is 16.1. The summed E-state index contributed by atoms with van der Waals surface area (Å²) in [4.78, 5) is 27.5. The van der Waals surface area contributed by atoms with Crippen molar-refractivity contribution in [2.45, 2.75) is 13.8 Å². The van der Waals surface area contributed by atoms with Gasteiger partial charge in [-0.2, -0.15) is 0 Å². The molecule has 2 atom stereocenters. The number of hydrogen-bond donors (Lipinski definition) is 0. The van der Waals surface area contributed by atoms with Crippen molar-refractivity contribution in [2.24, 2.45) is 21.3 Å². The Morgan fingerprint density at radius 2 is 2.06 bits per heavy atom. The Morgan fingerprint density at radius 3 is 2.69 bits per heavy atom. The van der Waals surface area contributed by atoms with Crippen LogP contribution in [-0.4, -0.2) is 25.2 Å². The Hall–Kier alpha value is -1.76. The van der Waals surface area contributed by atoms with Crippen molar-refractivity contribution in [3.05, 3.63) is 23.8 Å². The molecule has 0 aliphatic heterocycles. The van der Waals surface area contributed by atoms with Gasteiger partial charge in [0.25, 0.3) is 0 Å². The third kappa shape index (κ3) is 2.86. The van der Waals surface area contributed by atoms with Crippen LogP contribution in [0.15, 0.2) is 33.8 Å². The van der Waals surface area contributed by atoms with E-state index in [1.54, 1.807) is 6.08 Å². The van der Waals surface area contributed by atoms with Crippen LogP contribution in [0.2, 0.25) is 0 Å². The predicted molar refractivity (Wildman–Crippen MR) is 60.5 cm³/mol. The molecule has 0 aromatic carbocycles. The lowest BCUT2D eigenvalue weighted by Crippen LogP contribution is -2.31. The first-order valence-corrected chi connectivity index (χ1v) is 5.07. The van der Waals surface area contributed by atoms with Gasteiger partial charge in [-0.1, -0.05) is 30.7 Å². The smallest absolute Gasteiger partial charge is 0.211 e. The minimum absolute atomic E-state index is 0.0646. The molecule has 0 amide bonds. The number of rotatable bonds is 4. The van der Waals surface area contributed by atoms with Crippen molar-refractivity contribution in [3.63, 3.8) is 0 Å². The number of aliphatic imine (C=N–C) groups is 2. The largest absolute Gasteiger partial charge is 0.234 e. The first kappa shape index (κ1) is 12.3. The van der Waals surface area contributed by atoms with Gasteiger partial charge in [0.1, 0.15) is 0 Å². The molecule has 4 nitrogen and oxygen atoms in total.